The Labute approximate surface area is 163 Å². The highest BCUT2D eigenvalue weighted by Crippen LogP contribution is 2.67. The third-order valence-corrected chi connectivity index (χ3v) is 9.00. The van der Waals surface area contributed by atoms with Crippen LogP contribution in [0.2, 0.25) is 0 Å². The minimum Gasteiger partial charge on any atom is -0.444 e. The maximum atomic E-state index is 10.3. The van der Waals surface area contributed by atoms with Crippen molar-refractivity contribution in [3.8, 4) is 0 Å². The van der Waals surface area contributed by atoms with E-state index >= 15 is 0 Å². The first kappa shape index (κ1) is 17.7. The molecule has 1 N–H and O–H groups in total. The molecule has 1 aromatic rings. The Bertz CT molecular complexity index is 778. The highest BCUT2D eigenvalue weighted by Gasteiger charge is 2.59. The van der Waals surface area contributed by atoms with Crippen LogP contribution in [0.15, 0.2) is 34.7 Å². The van der Waals surface area contributed by atoms with Gasteiger partial charge in [0.05, 0.1) is 12.3 Å². The standard InChI is InChI=1S/C24H33NO2/c1-4-15-11-16-12-17(26)7-9-23(16,2)20-8-10-24(3)18(21-13-25-14-27-21)5-6-19(24)22(15)20/h5,11,13-15,17,19-20,22,26H,4,6-10,12H2,1-3H3/t15-,17-,19-,20-,22-,23-,24+/m0/s1. The number of oxazole rings is 1. The summed E-state index contributed by atoms with van der Waals surface area (Å²) in [7, 11) is 0. The Morgan fingerprint density at radius 3 is 2.74 bits per heavy atom. The third-order valence-electron chi connectivity index (χ3n) is 9.00. The van der Waals surface area contributed by atoms with E-state index in [-0.39, 0.29) is 11.5 Å². The Kier molecular flexibility index (Phi) is 3.99. The van der Waals surface area contributed by atoms with E-state index in [0.29, 0.717) is 17.3 Å². The van der Waals surface area contributed by atoms with Gasteiger partial charge in [-0.1, -0.05) is 38.5 Å². The lowest BCUT2D eigenvalue weighted by Crippen LogP contribution is -2.52. The Morgan fingerprint density at radius 2 is 2.00 bits per heavy atom. The SMILES string of the molecule is CC[C@H]1C=C2C[C@@H](O)CC[C@]2(C)[C@H]2CC[C@]3(C)C(c4cnco4)=CC[C@H]3[C@H]12. The second kappa shape index (κ2) is 6.07. The van der Waals surface area contributed by atoms with Gasteiger partial charge in [0.15, 0.2) is 12.2 Å². The van der Waals surface area contributed by atoms with Gasteiger partial charge in [-0.3, -0.25) is 0 Å². The van der Waals surface area contributed by atoms with Crippen molar-refractivity contribution >= 4 is 5.57 Å². The molecular weight excluding hydrogens is 334 g/mol. The zero-order chi connectivity index (χ0) is 18.8. The summed E-state index contributed by atoms with van der Waals surface area (Å²) in [6.07, 6.45) is 16.3. The van der Waals surface area contributed by atoms with Crippen molar-refractivity contribution in [2.75, 3.05) is 0 Å². The van der Waals surface area contributed by atoms with E-state index < -0.39 is 0 Å². The lowest BCUT2D eigenvalue weighted by Gasteiger charge is -2.59. The van der Waals surface area contributed by atoms with E-state index in [4.69, 9.17) is 4.42 Å². The van der Waals surface area contributed by atoms with Crippen LogP contribution in [0.25, 0.3) is 5.57 Å². The molecule has 3 nitrogen and oxygen atoms in total. The van der Waals surface area contributed by atoms with E-state index in [9.17, 15) is 5.11 Å². The van der Waals surface area contributed by atoms with Crippen LogP contribution in [-0.2, 0) is 0 Å². The van der Waals surface area contributed by atoms with Gasteiger partial charge in [-0.2, -0.15) is 0 Å². The van der Waals surface area contributed by atoms with Gasteiger partial charge in [0.2, 0.25) is 0 Å². The number of allylic oxidation sites excluding steroid dienone is 3. The van der Waals surface area contributed by atoms with Crippen molar-refractivity contribution < 1.29 is 9.52 Å². The quantitative estimate of drug-likeness (QED) is 0.689. The molecule has 4 aliphatic rings. The van der Waals surface area contributed by atoms with Gasteiger partial charge >= 0.3 is 0 Å². The monoisotopic (exact) mass is 367 g/mol. The molecular formula is C24H33NO2. The van der Waals surface area contributed by atoms with Gasteiger partial charge in [0.1, 0.15) is 0 Å². The van der Waals surface area contributed by atoms with Crippen LogP contribution in [0.3, 0.4) is 0 Å². The van der Waals surface area contributed by atoms with Gasteiger partial charge in [-0.05, 0) is 85.0 Å². The van der Waals surface area contributed by atoms with Crippen molar-refractivity contribution in [2.24, 2.45) is 34.5 Å². The molecule has 0 bridgehead atoms. The fourth-order valence-electron chi connectivity index (χ4n) is 7.50. The predicted octanol–water partition coefficient (Wildman–Crippen LogP) is 5.63. The normalized spacial score (nSPS) is 46.1. The van der Waals surface area contributed by atoms with E-state index in [2.05, 4.69) is 37.9 Å². The Morgan fingerprint density at radius 1 is 1.19 bits per heavy atom. The summed E-state index contributed by atoms with van der Waals surface area (Å²) in [5.74, 6) is 3.83. The molecule has 0 amide bonds. The summed E-state index contributed by atoms with van der Waals surface area (Å²) < 4.78 is 5.72. The molecule has 1 aromatic heterocycles. The molecule has 146 valence electrons. The predicted molar refractivity (Wildman–Crippen MR) is 107 cm³/mol. The number of aromatic nitrogens is 1. The van der Waals surface area contributed by atoms with Crippen LogP contribution in [0.5, 0.6) is 0 Å². The van der Waals surface area contributed by atoms with Gasteiger partial charge in [0.25, 0.3) is 0 Å². The van der Waals surface area contributed by atoms with Crippen LogP contribution >= 0.6 is 0 Å². The first-order valence-electron chi connectivity index (χ1n) is 11.0. The molecule has 1 heterocycles. The lowest BCUT2D eigenvalue weighted by atomic mass is 9.45. The van der Waals surface area contributed by atoms with Gasteiger partial charge < -0.3 is 9.52 Å². The van der Waals surface area contributed by atoms with Crippen molar-refractivity contribution in [1.29, 1.82) is 0 Å². The molecule has 4 aliphatic carbocycles. The number of hydrogen-bond donors (Lipinski definition) is 1. The van der Waals surface area contributed by atoms with E-state index in [1.807, 2.05) is 6.20 Å². The summed E-state index contributed by atoms with van der Waals surface area (Å²) in [5.41, 5.74) is 3.48. The van der Waals surface area contributed by atoms with Crippen molar-refractivity contribution in [1.82, 2.24) is 4.98 Å². The zero-order valence-corrected chi connectivity index (χ0v) is 16.9. The maximum absolute atomic E-state index is 10.3. The number of aliphatic hydroxyl groups is 1. The van der Waals surface area contributed by atoms with Gasteiger partial charge in [-0.25, -0.2) is 4.98 Å². The van der Waals surface area contributed by atoms with Crippen LogP contribution in [0.1, 0.15) is 71.5 Å². The lowest BCUT2D eigenvalue weighted by molar-refractivity contribution is -0.0467. The number of fused-ring (bicyclic) bond motifs is 5. The molecule has 5 rings (SSSR count). The molecule has 7 atom stereocenters. The van der Waals surface area contributed by atoms with Crippen molar-refractivity contribution in [3.05, 3.63) is 36.1 Å². The van der Waals surface area contributed by atoms with Crippen LogP contribution < -0.4 is 0 Å². The minimum absolute atomic E-state index is 0.126. The smallest absolute Gasteiger partial charge is 0.181 e. The van der Waals surface area contributed by atoms with Crippen LogP contribution in [0.4, 0.5) is 0 Å². The highest BCUT2D eigenvalue weighted by atomic mass is 16.3. The molecule has 27 heavy (non-hydrogen) atoms. The zero-order valence-electron chi connectivity index (χ0n) is 16.9. The third kappa shape index (κ3) is 2.40. The number of hydrogen-bond acceptors (Lipinski definition) is 3. The van der Waals surface area contributed by atoms with Crippen LogP contribution in [-0.4, -0.2) is 16.2 Å². The van der Waals surface area contributed by atoms with Gasteiger partial charge in [0, 0.05) is 0 Å². The first-order valence-corrected chi connectivity index (χ1v) is 11.0. The fourth-order valence-corrected chi connectivity index (χ4v) is 7.50. The topological polar surface area (TPSA) is 46.3 Å². The minimum atomic E-state index is -0.126. The van der Waals surface area contributed by atoms with Crippen LogP contribution in [0, 0.1) is 34.5 Å². The van der Waals surface area contributed by atoms with E-state index in [0.717, 1.165) is 36.9 Å². The summed E-state index contributed by atoms with van der Waals surface area (Å²) >= 11 is 0. The van der Waals surface area contributed by atoms with E-state index in [1.54, 1.807) is 12.0 Å². The molecule has 0 aliphatic heterocycles. The molecule has 0 saturated heterocycles. The first-order chi connectivity index (χ1) is 13.0. The molecule has 0 unspecified atom stereocenters. The highest BCUT2D eigenvalue weighted by molar-refractivity contribution is 5.69. The van der Waals surface area contributed by atoms with Crippen molar-refractivity contribution in [3.63, 3.8) is 0 Å². The molecule has 0 spiro atoms. The second-order valence-electron chi connectivity index (χ2n) is 10.0. The second-order valence-corrected chi connectivity index (χ2v) is 10.0. The average molecular weight is 368 g/mol. The average Bonchev–Trinajstić information content (AvgIpc) is 3.28. The molecule has 2 fully saturated rings. The Hall–Kier alpha value is -1.35. The maximum Gasteiger partial charge on any atom is 0.181 e. The molecule has 0 aromatic carbocycles. The van der Waals surface area contributed by atoms with Crippen molar-refractivity contribution in [2.45, 2.75) is 71.8 Å². The molecule has 0 radical (unpaired) electrons. The number of aliphatic hydroxyl groups excluding tert-OH is 1. The summed E-state index contributed by atoms with van der Waals surface area (Å²) in [6, 6.07) is 0. The number of rotatable bonds is 2. The summed E-state index contributed by atoms with van der Waals surface area (Å²) in [5, 5.41) is 10.3. The summed E-state index contributed by atoms with van der Waals surface area (Å²) in [4.78, 5) is 4.18. The number of nitrogens with zero attached hydrogens (tertiary/aromatic N) is 1. The summed E-state index contributed by atoms with van der Waals surface area (Å²) in [6.45, 7) is 7.34. The van der Waals surface area contributed by atoms with Gasteiger partial charge in [-0.15, -0.1) is 0 Å². The fraction of sp³-hybridized carbons (Fsp3) is 0.708. The molecule has 2 saturated carbocycles. The van der Waals surface area contributed by atoms with E-state index in [1.165, 1.54) is 31.3 Å². The largest absolute Gasteiger partial charge is 0.444 e. The molecule has 3 heteroatoms. The Balaban J connectivity index is 1.54.